The van der Waals surface area contributed by atoms with E-state index >= 15 is 0 Å². The van der Waals surface area contributed by atoms with Crippen LogP contribution in [0.4, 0.5) is 0 Å². The van der Waals surface area contributed by atoms with Crippen molar-refractivity contribution in [3.8, 4) is 5.75 Å². The molecule has 0 aliphatic heterocycles. The van der Waals surface area contributed by atoms with E-state index in [4.69, 9.17) is 23.2 Å². The summed E-state index contributed by atoms with van der Waals surface area (Å²) in [6, 6.07) is 10.3. The van der Waals surface area contributed by atoms with Gasteiger partial charge in [0.15, 0.2) is 6.29 Å². The lowest BCUT2D eigenvalue weighted by molar-refractivity contribution is 0.112. The molecule has 98 valence electrons. The van der Waals surface area contributed by atoms with E-state index in [2.05, 4.69) is 0 Å². The van der Waals surface area contributed by atoms with Crippen LogP contribution < -0.4 is 0 Å². The Morgan fingerprint density at radius 1 is 1.16 bits per heavy atom. The third-order valence-electron chi connectivity index (χ3n) is 2.52. The summed E-state index contributed by atoms with van der Waals surface area (Å²) in [7, 11) is 0. The molecule has 0 aliphatic carbocycles. The van der Waals surface area contributed by atoms with Crippen LogP contribution >= 0.6 is 35.0 Å². The first-order valence-electron chi connectivity index (χ1n) is 5.45. The molecule has 0 radical (unpaired) electrons. The lowest BCUT2D eigenvalue weighted by Crippen LogP contribution is -1.87. The average Bonchev–Trinajstić information content (AvgIpc) is 2.40. The Balaban J connectivity index is 2.17. The van der Waals surface area contributed by atoms with Crippen molar-refractivity contribution in [2.45, 2.75) is 10.6 Å². The standard InChI is InChI=1S/C14H10Cl2O2S/c15-11-2-1-3-12(16)14(11)19-8-9-4-5-13(18)10(6-9)7-17/h1-7,18H,8H2. The third-order valence-corrected chi connectivity index (χ3v) is 4.58. The molecule has 2 rings (SSSR count). The predicted molar refractivity (Wildman–Crippen MR) is 79.5 cm³/mol. The quantitative estimate of drug-likeness (QED) is 0.650. The first-order chi connectivity index (χ1) is 9.11. The van der Waals surface area contributed by atoms with Gasteiger partial charge in [-0.25, -0.2) is 0 Å². The van der Waals surface area contributed by atoms with Crippen LogP contribution in [-0.2, 0) is 5.75 Å². The molecule has 2 nitrogen and oxygen atoms in total. The molecule has 1 N–H and O–H groups in total. The van der Waals surface area contributed by atoms with Crippen molar-refractivity contribution in [1.29, 1.82) is 0 Å². The molecule has 0 atom stereocenters. The molecule has 0 saturated heterocycles. The van der Waals surface area contributed by atoms with Crippen LogP contribution in [0.1, 0.15) is 15.9 Å². The number of carbonyl (C=O) groups is 1. The second kappa shape index (κ2) is 6.33. The van der Waals surface area contributed by atoms with Gasteiger partial charge in [0.25, 0.3) is 0 Å². The van der Waals surface area contributed by atoms with E-state index in [0.717, 1.165) is 10.5 Å². The molecule has 0 heterocycles. The number of carbonyl (C=O) groups excluding carboxylic acids is 1. The van der Waals surface area contributed by atoms with Gasteiger partial charge in [-0.3, -0.25) is 4.79 Å². The zero-order valence-electron chi connectivity index (χ0n) is 9.77. The maximum Gasteiger partial charge on any atom is 0.153 e. The maximum atomic E-state index is 10.8. The highest BCUT2D eigenvalue weighted by molar-refractivity contribution is 7.98. The lowest BCUT2D eigenvalue weighted by Gasteiger charge is -2.07. The van der Waals surface area contributed by atoms with Gasteiger partial charge in [0.1, 0.15) is 5.75 Å². The Morgan fingerprint density at radius 2 is 1.84 bits per heavy atom. The normalized spacial score (nSPS) is 10.4. The van der Waals surface area contributed by atoms with Crippen molar-refractivity contribution in [2.75, 3.05) is 0 Å². The average molecular weight is 313 g/mol. The summed E-state index contributed by atoms with van der Waals surface area (Å²) in [6.07, 6.45) is 0.631. The van der Waals surface area contributed by atoms with E-state index in [1.54, 1.807) is 30.3 Å². The zero-order chi connectivity index (χ0) is 13.8. The van der Waals surface area contributed by atoms with Crippen molar-refractivity contribution in [3.63, 3.8) is 0 Å². The van der Waals surface area contributed by atoms with Crippen LogP contribution in [0.3, 0.4) is 0 Å². The Labute approximate surface area is 125 Å². The SMILES string of the molecule is O=Cc1cc(CSc2c(Cl)cccc2Cl)ccc1O. The number of aromatic hydroxyl groups is 1. The number of rotatable bonds is 4. The Kier molecular flexibility index (Phi) is 4.75. The first kappa shape index (κ1) is 14.3. The fourth-order valence-corrected chi connectivity index (χ4v) is 3.19. The molecule has 5 heteroatoms. The molecule has 0 aliphatic rings. The number of halogens is 2. The van der Waals surface area contributed by atoms with Crippen LogP contribution in [-0.4, -0.2) is 11.4 Å². The molecule has 19 heavy (non-hydrogen) atoms. The minimum atomic E-state index is -0.0143. The molecule has 0 spiro atoms. The van der Waals surface area contributed by atoms with Gasteiger partial charge in [-0.2, -0.15) is 0 Å². The van der Waals surface area contributed by atoms with Gasteiger partial charge >= 0.3 is 0 Å². The summed E-state index contributed by atoms with van der Waals surface area (Å²) in [5, 5.41) is 10.6. The Hall–Kier alpha value is -1.16. The smallest absolute Gasteiger partial charge is 0.153 e. The monoisotopic (exact) mass is 312 g/mol. The number of benzene rings is 2. The summed E-state index contributed by atoms with van der Waals surface area (Å²) >= 11 is 13.6. The van der Waals surface area contributed by atoms with Crippen molar-refractivity contribution >= 4 is 41.2 Å². The van der Waals surface area contributed by atoms with E-state index in [-0.39, 0.29) is 11.3 Å². The number of hydrogen-bond donors (Lipinski definition) is 1. The van der Waals surface area contributed by atoms with E-state index in [0.29, 0.717) is 22.1 Å². The molecule has 0 amide bonds. The van der Waals surface area contributed by atoms with Gasteiger partial charge in [0.05, 0.1) is 15.6 Å². The van der Waals surface area contributed by atoms with Crippen LogP contribution in [0, 0.1) is 0 Å². The molecular weight excluding hydrogens is 303 g/mol. The maximum absolute atomic E-state index is 10.8. The highest BCUT2D eigenvalue weighted by Gasteiger charge is 2.07. The van der Waals surface area contributed by atoms with Crippen LogP contribution in [0.15, 0.2) is 41.3 Å². The predicted octanol–water partition coefficient (Wildman–Crippen LogP) is 4.80. The first-order valence-corrected chi connectivity index (χ1v) is 7.20. The second-order valence-electron chi connectivity index (χ2n) is 3.85. The minimum Gasteiger partial charge on any atom is -0.507 e. The van der Waals surface area contributed by atoms with Crippen LogP contribution in [0.2, 0.25) is 10.0 Å². The summed E-state index contributed by atoms with van der Waals surface area (Å²) in [4.78, 5) is 11.6. The van der Waals surface area contributed by atoms with Crippen molar-refractivity contribution in [3.05, 3.63) is 57.6 Å². The van der Waals surface area contributed by atoms with E-state index in [1.165, 1.54) is 17.8 Å². The Bertz CT molecular complexity index is 594. The van der Waals surface area contributed by atoms with Crippen LogP contribution in [0.25, 0.3) is 0 Å². The Morgan fingerprint density at radius 3 is 2.47 bits per heavy atom. The summed E-state index contributed by atoms with van der Waals surface area (Å²) in [6.45, 7) is 0. The zero-order valence-corrected chi connectivity index (χ0v) is 12.1. The topological polar surface area (TPSA) is 37.3 Å². The van der Waals surface area contributed by atoms with Gasteiger partial charge in [-0.15, -0.1) is 11.8 Å². The molecule has 2 aromatic carbocycles. The largest absolute Gasteiger partial charge is 0.507 e. The summed E-state index contributed by atoms with van der Waals surface area (Å²) in [5.74, 6) is 0.601. The fraction of sp³-hybridized carbons (Fsp3) is 0.0714. The van der Waals surface area contributed by atoms with Gasteiger partial charge in [0, 0.05) is 10.6 Å². The number of phenolic OH excluding ortho intramolecular Hbond substituents is 1. The molecule has 0 fully saturated rings. The van der Waals surface area contributed by atoms with Crippen molar-refractivity contribution in [2.24, 2.45) is 0 Å². The van der Waals surface area contributed by atoms with E-state index in [9.17, 15) is 9.90 Å². The van der Waals surface area contributed by atoms with Crippen LogP contribution in [0.5, 0.6) is 5.75 Å². The van der Waals surface area contributed by atoms with Gasteiger partial charge < -0.3 is 5.11 Å². The summed E-state index contributed by atoms with van der Waals surface area (Å²) < 4.78 is 0. The third kappa shape index (κ3) is 3.44. The molecule has 0 aromatic heterocycles. The highest BCUT2D eigenvalue weighted by atomic mass is 35.5. The van der Waals surface area contributed by atoms with Gasteiger partial charge in [0.2, 0.25) is 0 Å². The van der Waals surface area contributed by atoms with E-state index in [1.807, 2.05) is 0 Å². The lowest BCUT2D eigenvalue weighted by atomic mass is 10.1. The van der Waals surface area contributed by atoms with Crippen molar-refractivity contribution < 1.29 is 9.90 Å². The molecular formula is C14H10Cl2O2S. The number of thioether (sulfide) groups is 1. The molecule has 0 saturated carbocycles. The minimum absolute atomic E-state index is 0.0143. The summed E-state index contributed by atoms with van der Waals surface area (Å²) in [5.41, 5.74) is 1.20. The van der Waals surface area contributed by atoms with Crippen molar-refractivity contribution in [1.82, 2.24) is 0 Å². The second-order valence-corrected chi connectivity index (χ2v) is 5.65. The number of hydrogen-bond acceptors (Lipinski definition) is 3. The molecule has 2 aromatic rings. The highest BCUT2D eigenvalue weighted by Crippen LogP contribution is 2.36. The fourth-order valence-electron chi connectivity index (χ4n) is 1.56. The molecule has 0 bridgehead atoms. The van der Waals surface area contributed by atoms with Gasteiger partial charge in [-0.1, -0.05) is 35.3 Å². The number of phenols is 1. The number of aldehydes is 1. The molecule has 0 unspecified atom stereocenters. The van der Waals surface area contributed by atoms with Gasteiger partial charge in [-0.05, 0) is 29.8 Å². The van der Waals surface area contributed by atoms with E-state index < -0.39 is 0 Å².